The molecule has 6 heteroatoms. The van der Waals surface area contributed by atoms with E-state index in [0.29, 0.717) is 23.7 Å². The molecule has 3 aromatic rings. The number of benzene rings is 2. The molecule has 5 rings (SSSR count). The molecule has 1 aliphatic carbocycles. The predicted octanol–water partition coefficient (Wildman–Crippen LogP) is 4.38. The van der Waals surface area contributed by atoms with Gasteiger partial charge in [0.15, 0.2) is 5.72 Å². The number of halogens is 1. The number of carbonyl (C=O) groups is 1. The van der Waals surface area contributed by atoms with Crippen molar-refractivity contribution >= 4 is 17.5 Å². The number of ether oxygens (including phenoxy) is 1. The van der Waals surface area contributed by atoms with Crippen LogP contribution in [-0.4, -0.2) is 34.1 Å². The molecule has 2 aliphatic rings. The predicted molar refractivity (Wildman–Crippen MR) is 117 cm³/mol. The Morgan fingerprint density at radius 3 is 2.45 bits per heavy atom. The minimum atomic E-state index is -1.12. The molecular weight excluding hydrogens is 412 g/mol. The summed E-state index contributed by atoms with van der Waals surface area (Å²) in [6.07, 6.45) is 3.55. The molecule has 1 saturated carbocycles. The lowest BCUT2D eigenvalue weighted by Gasteiger charge is -2.40. The lowest BCUT2D eigenvalue weighted by molar-refractivity contribution is -0.129. The normalized spacial score (nSPS) is 21.2. The van der Waals surface area contributed by atoms with Crippen molar-refractivity contribution < 1.29 is 14.6 Å². The summed E-state index contributed by atoms with van der Waals surface area (Å²) in [4.78, 5) is 19.8. The van der Waals surface area contributed by atoms with E-state index in [2.05, 4.69) is 4.98 Å². The van der Waals surface area contributed by atoms with Crippen LogP contribution in [0.1, 0.15) is 40.0 Å². The fourth-order valence-corrected chi connectivity index (χ4v) is 4.37. The SMILES string of the molecule is O=C1c2ccccc2C(OCC2(CO)CC2)(c2ccc(Cl)cc2)N1Cc1ccccn1. The number of carbonyl (C=O) groups excluding carboxylic acids is 1. The second kappa shape index (κ2) is 7.75. The second-order valence-electron chi connectivity index (χ2n) is 8.36. The van der Waals surface area contributed by atoms with Crippen LogP contribution >= 0.6 is 11.6 Å². The Bertz CT molecular complexity index is 1100. The van der Waals surface area contributed by atoms with E-state index < -0.39 is 5.72 Å². The Morgan fingerprint density at radius 2 is 1.77 bits per heavy atom. The van der Waals surface area contributed by atoms with Gasteiger partial charge in [0.25, 0.3) is 5.91 Å². The fourth-order valence-electron chi connectivity index (χ4n) is 4.24. The molecular formula is C25H23ClN2O3. The maximum atomic E-state index is 13.6. The topological polar surface area (TPSA) is 62.7 Å². The maximum absolute atomic E-state index is 13.6. The van der Waals surface area contributed by atoms with Crippen molar-refractivity contribution in [2.24, 2.45) is 5.41 Å². The molecule has 1 fully saturated rings. The number of aromatic nitrogens is 1. The van der Waals surface area contributed by atoms with Gasteiger partial charge in [0, 0.05) is 33.3 Å². The van der Waals surface area contributed by atoms with Crippen LogP contribution < -0.4 is 0 Å². The highest BCUT2D eigenvalue weighted by Gasteiger charge is 2.54. The molecule has 2 aromatic carbocycles. The van der Waals surface area contributed by atoms with Gasteiger partial charge in [0.05, 0.1) is 25.5 Å². The zero-order valence-corrected chi connectivity index (χ0v) is 17.8. The molecule has 0 radical (unpaired) electrons. The minimum absolute atomic E-state index is 0.0690. The number of fused-ring (bicyclic) bond motifs is 1. The van der Waals surface area contributed by atoms with Crippen LogP contribution in [-0.2, 0) is 17.0 Å². The van der Waals surface area contributed by atoms with Gasteiger partial charge >= 0.3 is 0 Å². The number of pyridine rings is 1. The van der Waals surface area contributed by atoms with Crippen molar-refractivity contribution in [3.63, 3.8) is 0 Å². The van der Waals surface area contributed by atoms with Crippen LogP contribution in [0.15, 0.2) is 72.9 Å². The highest BCUT2D eigenvalue weighted by molar-refractivity contribution is 6.30. The number of aliphatic hydroxyl groups excluding tert-OH is 1. The van der Waals surface area contributed by atoms with Crippen LogP contribution in [0.2, 0.25) is 5.02 Å². The Morgan fingerprint density at radius 1 is 1.03 bits per heavy atom. The maximum Gasteiger partial charge on any atom is 0.257 e. The van der Waals surface area contributed by atoms with Crippen molar-refractivity contribution in [2.45, 2.75) is 25.1 Å². The lowest BCUT2D eigenvalue weighted by atomic mass is 9.93. The third-order valence-electron chi connectivity index (χ3n) is 6.31. The monoisotopic (exact) mass is 434 g/mol. The zero-order chi connectivity index (χ0) is 21.5. The van der Waals surface area contributed by atoms with Gasteiger partial charge in [-0.15, -0.1) is 0 Å². The number of hydrogen-bond donors (Lipinski definition) is 1. The van der Waals surface area contributed by atoms with Crippen LogP contribution in [0.5, 0.6) is 0 Å². The van der Waals surface area contributed by atoms with Crippen molar-refractivity contribution in [3.8, 4) is 0 Å². The van der Waals surface area contributed by atoms with E-state index in [1.165, 1.54) is 0 Å². The number of amides is 1. The molecule has 0 bridgehead atoms. The molecule has 2 heterocycles. The molecule has 1 amide bonds. The summed E-state index contributed by atoms with van der Waals surface area (Å²) in [6, 6.07) is 20.7. The minimum Gasteiger partial charge on any atom is -0.396 e. The van der Waals surface area contributed by atoms with E-state index >= 15 is 0 Å². The Labute approximate surface area is 186 Å². The average molecular weight is 435 g/mol. The van der Waals surface area contributed by atoms with Gasteiger partial charge in [-0.2, -0.15) is 0 Å². The molecule has 1 N–H and O–H groups in total. The second-order valence-corrected chi connectivity index (χ2v) is 8.79. The summed E-state index contributed by atoms with van der Waals surface area (Å²) < 4.78 is 6.69. The standard InChI is InChI=1S/C25H23ClN2O3/c26-19-10-8-18(9-11-19)25(31-17-24(16-29)12-13-24)22-7-2-1-6-21(22)23(30)28(25)15-20-5-3-4-14-27-20/h1-11,14,29H,12-13,15-17H2. The zero-order valence-electron chi connectivity index (χ0n) is 17.0. The van der Waals surface area contributed by atoms with Gasteiger partial charge in [-0.25, -0.2) is 0 Å². The number of nitrogens with zero attached hydrogens (tertiary/aromatic N) is 2. The molecule has 1 atom stereocenters. The number of hydrogen-bond acceptors (Lipinski definition) is 4. The van der Waals surface area contributed by atoms with Gasteiger partial charge in [-0.3, -0.25) is 14.7 Å². The lowest BCUT2D eigenvalue weighted by Crippen LogP contribution is -2.47. The Balaban J connectivity index is 1.67. The van der Waals surface area contributed by atoms with E-state index in [1.54, 1.807) is 11.1 Å². The first-order valence-corrected chi connectivity index (χ1v) is 10.8. The van der Waals surface area contributed by atoms with Gasteiger partial charge in [-0.05, 0) is 43.2 Å². The summed E-state index contributed by atoms with van der Waals surface area (Å²) in [7, 11) is 0. The smallest absolute Gasteiger partial charge is 0.257 e. The molecule has 1 unspecified atom stereocenters. The van der Waals surface area contributed by atoms with E-state index in [9.17, 15) is 9.90 Å². The third-order valence-corrected chi connectivity index (χ3v) is 6.56. The average Bonchev–Trinajstić information content (AvgIpc) is 3.56. The van der Waals surface area contributed by atoms with Crippen LogP contribution in [0.3, 0.4) is 0 Å². The van der Waals surface area contributed by atoms with Crippen LogP contribution in [0.4, 0.5) is 0 Å². The van der Waals surface area contributed by atoms with Gasteiger partial charge in [0.1, 0.15) is 0 Å². The van der Waals surface area contributed by atoms with E-state index in [-0.39, 0.29) is 17.9 Å². The van der Waals surface area contributed by atoms with Gasteiger partial charge in [-0.1, -0.05) is 48.0 Å². The van der Waals surface area contributed by atoms with Crippen molar-refractivity contribution in [1.82, 2.24) is 9.88 Å². The fraction of sp³-hybridized carbons (Fsp3) is 0.280. The molecule has 1 aliphatic heterocycles. The summed E-state index contributed by atoms with van der Waals surface area (Å²) in [5, 5.41) is 10.5. The largest absolute Gasteiger partial charge is 0.396 e. The summed E-state index contributed by atoms with van der Waals surface area (Å²) in [5.41, 5.74) is 1.64. The highest BCUT2D eigenvalue weighted by Crippen LogP contribution is 2.51. The molecule has 5 nitrogen and oxygen atoms in total. The Kier molecular flexibility index (Phi) is 5.05. The van der Waals surface area contributed by atoms with Crippen molar-refractivity contribution in [3.05, 3.63) is 100 Å². The first kappa shape index (κ1) is 20.2. The van der Waals surface area contributed by atoms with Gasteiger partial charge in [0.2, 0.25) is 0 Å². The quantitative estimate of drug-likeness (QED) is 0.599. The molecule has 0 spiro atoms. The molecule has 158 valence electrons. The first-order valence-electron chi connectivity index (χ1n) is 10.4. The highest BCUT2D eigenvalue weighted by atomic mass is 35.5. The summed E-state index contributed by atoms with van der Waals surface area (Å²) >= 11 is 6.18. The number of rotatable bonds is 7. The van der Waals surface area contributed by atoms with E-state index in [0.717, 1.165) is 29.7 Å². The number of aliphatic hydroxyl groups is 1. The third kappa shape index (κ3) is 3.43. The van der Waals surface area contributed by atoms with Crippen LogP contribution in [0.25, 0.3) is 0 Å². The van der Waals surface area contributed by atoms with Crippen molar-refractivity contribution in [2.75, 3.05) is 13.2 Å². The van der Waals surface area contributed by atoms with E-state index in [1.807, 2.05) is 66.7 Å². The summed E-state index contributed by atoms with van der Waals surface area (Å²) in [6.45, 7) is 0.717. The molecule has 31 heavy (non-hydrogen) atoms. The van der Waals surface area contributed by atoms with Crippen molar-refractivity contribution in [1.29, 1.82) is 0 Å². The Hall–Kier alpha value is -2.73. The first-order chi connectivity index (χ1) is 15.1. The molecule has 0 saturated heterocycles. The summed E-state index contributed by atoms with van der Waals surface area (Å²) in [5.74, 6) is -0.106. The van der Waals surface area contributed by atoms with Crippen LogP contribution in [0, 0.1) is 5.41 Å². The molecule has 1 aromatic heterocycles. The van der Waals surface area contributed by atoms with E-state index in [4.69, 9.17) is 16.3 Å². The van der Waals surface area contributed by atoms with Gasteiger partial charge < -0.3 is 9.84 Å².